The van der Waals surface area contributed by atoms with Crippen molar-refractivity contribution in [1.82, 2.24) is 9.55 Å². The summed E-state index contributed by atoms with van der Waals surface area (Å²) < 4.78 is 7.47. The van der Waals surface area contributed by atoms with Crippen LogP contribution in [0.5, 0.6) is 0 Å². The first-order valence-corrected chi connectivity index (χ1v) is 6.90. The van der Waals surface area contributed by atoms with E-state index >= 15 is 0 Å². The Labute approximate surface area is 122 Å². The molecular weight excluding hydrogens is 266 g/mol. The Hall–Kier alpha value is -2.56. The van der Waals surface area contributed by atoms with Crippen LogP contribution in [0.15, 0.2) is 58.6 Å². The van der Waals surface area contributed by atoms with Crippen LogP contribution < -0.4 is 0 Å². The summed E-state index contributed by atoms with van der Waals surface area (Å²) in [6.07, 6.45) is 3.46. The lowest BCUT2D eigenvalue weighted by Gasteiger charge is -2.08. The van der Waals surface area contributed by atoms with E-state index in [2.05, 4.69) is 10.1 Å². The fraction of sp³-hybridized carbons (Fsp3) is 0.250. The van der Waals surface area contributed by atoms with Crippen molar-refractivity contribution >= 4 is 16.7 Å². The number of fused-ring (bicyclic) bond motifs is 1. The second-order valence-corrected chi connectivity index (χ2v) is 5.03. The van der Waals surface area contributed by atoms with E-state index in [9.17, 15) is 0 Å². The Morgan fingerprint density at radius 2 is 2.14 bits per heavy atom. The molecule has 0 aliphatic heterocycles. The summed E-state index contributed by atoms with van der Waals surface area (Å²) in [6.45, 7) is 4.42. The van der Waals surface area contributed by atoms with Crippen LogP contribution in [0.4, 0.5) is 0 Å². The number of benzene rings is 1. The van der Waals surface area contributed by atoms with E-state index in [1.165, 1.54) is 0 Å². The molecule has 0 aliphatic rings. The number of para-hydroxylation sites is 2. The van der Waals surface area contributed by atoms with E-state index < -0.39 is 0 Å². The van der Waals surface area contributed by atoms with Gasteiger partial charge < -0.3 is 13.8 Å². The second-order valence-electron chi connectivity index (χ2n) is 5.03. The van der Waals surface area contributed by atoms with Crippen LogP contribution in [0.3, 0.4) is 0 Å². The van der Waals surface area contributed by atoms with Gasteiger partial charge in [0.05, 0.1) is 30.2 Å². The molecule has 0 unspecified atom stereocenters. The van der Waals surface area contributed by atoms with Crippen molar-refractivity contribution in [3.05, 3.63) is 54.7 Å². The number of nitrogens with zero attached hydrogens (tertiary/aromatic N) is 3. The normalized spacial score (nSPS) is 12.2. The summed E-state index contributed by atoms with van der Waals surface area (Å²) in [5, 5.41) is 4.22. The highest BCUT2D eigenvalue weighted by molar-refractivity contribution is 5.98. The lowest BCUT2D eigenvalue weighted by atomic mass is 10.2. The Morgan fingerprint density at radius 3 is 2.90 bits per heavy atom. The molecule has 0 N–H and O–H groups in total. The van der Waals surface area contributed by atoms with Crippen molar-refractivity contribution in [2.24, 2.45) is 5.16 Å². The molecule has 5 heteroatoms. The van der Waals surface area contributed by atoms with E-state index in [0.29, 0.717) is 12.3 Å². The van der Waals surface area contributed by atoms with Crippen molar-refractivity contribution < 1.29 is 9.25 Å². The summed E-state index contributed by atoms with van der Waals surface area (Å²) in [5.74, 6) is 0.702. The summed E-state index contributed by atoms with van der Waals surface area (Å²) in [6, 6.07) is 11.7. The van der Waals surface area contributed by atoms with Gasteiger partial charge in [-0.1, -0.05) is 17.3 Å². The SMILES string of the molecule is CC(C)O/N=C(/Cn1cnc2ccccc21)c1ccco1. The highest BCUT2D eigenvalue weighted by Crippen LogP contribution is 2.14. The highest BCUT2D eigenvalue weighted by Gasteiger charge is 2.11. The average Bonchev–Trinajstić information content (AvgIpc) is 3.13. The van der Waals surface area contributed by atoms with E-state index in [-0.39, 0.29) is 6.10 Å². The third kappa shape index (κ3) is 2.97. The van der Waals surface area contributed by atoms with Gasteiger partial charge in [-0.2, -0.15) is 0 Å². The van der Waals surface area contributed by atoms with Gasteiger partial charge in [0.1, 0.15) is 11.8 Å². The first-order valence-electron chi connectivity index (χ1n) is 6.90. The standard InChI is InChI=1S/C16H17N3O2/c1-12(2)21-18-14(16-8-5-9-20-16)10-19-11-17-13-6-3-4-7-15(13)19/h3-9,11-12H,10H2,1-2H3/b18-14-. The van der Waals surface area contributed by atoms with Gasteiger partial charge in [-0.05, 0) is 38.1 Å². The third-order valence-corrected chi connectivity index (χ3v) is 3.03. The Balaban J connectivity index is 1.93. The van der Waals surface area contributed by atoms with E-state index in [0.717, 1.165) is 16.7 Å². The molecule has 0 atom stereocenters. The molecule has 2 heterocycles. The largest absolute Gasteiger partial charge is 0.463 e. The molecule has 108 valence electrons. The predicted molar refractivity (Wildman–Crippen MR) is 81.2 cm³/mol. The zero-order valence-corrected chi connectivity index (χ0v) is 12.1. The number of oxime groups is 1. The zero-order chi connectivity index (χ0) is 14.7. The van der Waals surface area contributed by atoms with Crippen LogP contribution in [-0.2, 0) is 11.4 Å². The second kappa shape index (κ2) is 5.83. The van der Waals surface area contributed by atoms with Crippen LogP contribution in [0.2, 0.25) is 0 Å². The van der Waals surface area contributed by atoms with Crippen LogP contribution in [0.25, 0.3) is 11.0 Å². The minimum absolute atomic E-state index is 0.0227. The van der Waals surface area contributed by atoms with Gasteiger partial charge in [0.2, 0.25) is 0 Å². The maximum atomic E-state index is 5.44. The molecule has 3 aromatic rings. The van der Waals surface area contributed by atoms with Gasteiger partial charge in [-0.3, -0.25) is 0 Å². The number of hydrogen-bond donors (Lipinski definition) is 0. The summed E-state index contributed by atoms with van der Waals surface area (Å²) >= 11 is 0. The molecule has 0 saturated carbocycles. The van der Waals surface area contributed by atoms with E-state index in [4.69, 9.17) is 9.25 Å². The van der Waals surface area contributed by atoms with Gasteiger partial charge in [0.15, 0.2) is 5.76 Å². The van der Waals surface area contributed by atoms with Gasteiger partial charge in [0.25, 0.3) is 0 Å². The maximum Gasteiger partial charge on any atom is 0.153 e. The van der Waals surface area contributed by atoms with Gasteiger partial charge in [-0.15, -0.1) is 0 Å². The molecule has 0 saturated heterocycles. The Bertz CT molecular complexity index is 742. The van der Waals surface area contributed by atoms with Crippen molar-refractivity contribution in [2.75, 3.05) is 0 Å². The van der Waals surface area contributed by atoms with Crippen molar-refractivity contribution in [2.45, 2.75) is 26.5 Å². The minimum Gasteiger partial charge on any atom is -0.463 e. The predicted octanol–water partition coefficient (Wildman–Crippen LogP) is 3.46. The van der Waals surface area contributed by atoms with E-state index in [1.54, 1.807) is 12.6 Å². The number of furan rings is 1. The fourth-order valence-corrected chi connectivity index (χ4v) is 2.06. The smallest absolute Gasteiger partial charge is 0.153 e. The zero-order valence-electron chi connectivity index (χ0n) is 12.1. The quantitative estimate of drug-likeness (QED) is 0.532. The molecule has 0 aliphatic carbocycles. The van der Waals surface area contributed by atoms with Crippen molar-refractivity contribution in [1.29, 1.82) is 0 Å². The summed E-state index contributed by atoms with van der Waals surface area (Å²) in [7, 11) is 0. The van der Waals surface area contributed by atoms with Gasteiger partial charge >= 0.3 is 0 Å². The lowest BCUT2D eigenvalue weighted by Crippen LogP contribution is -2.12. The molecule has 3 rings (SSSR count). The van der Waals surface area contributed by atoms with Gasteiger partial charge in [0, 0.05) is 0 Å². The van der Waals surface area contributed by atoms with Crippen LogP contribution in [0.1, 0.15) is 19.6 Å². The van der Waals surface area contributed by atoms with Crippen molar-refractivity contribution in [3.8, 4) is 0 Å². The molecule has 0 fully saturated rings. The van der Waals surface area contributed by atoms with E-state index in [1.807, 2.05) is 54.8 Å². The topological polar surface area (TPSA) is 52.5 Å². The average molecular weight is 283 g/mol. The first kappa shape index (κ1) is 13.4. The monoisotopic (exact) mass is 283 g/mol. The molecule has 0 amide bonds. The molecule has 0 radical (unpaired) electrons. The first-order chi connectivity index (χ1) is 10.2. The molecule has 5 nitrogen and oxygen atoms in total. The number of imidazole rings is 1. The summed E-state index contributed by atoms with van der Waals surface area (Å²) in [4.78, 5) is 9.77. The lowest BCUT2D eigenvalue weighted by molar-refractivity contribution is 0.0852. The Morgan fingerprint density at radius 1 is 1.29 bits per heavy atom. The fourth-order valence-electron chi connectivity index (χ4n) is 2.06. The highest BCUT2D eigenvalue weighted by atomic mass is 16.6. The number of rotatable bonds is 5. The summed E-state index contributed by atoms with van der Waals surface area (Å²) in [5.41, 5.74) is 2.75. The van der Waals surface area contributed by atoms with Crippen molar-refractivity contribution in [3.63, 3.8) is 0 Å². The molecule has 21 heavy (non-hydrogen) atoms. The van der Waals surface area contributed by atoms with Crippen LogP contribution >= 0.6 is 0 Å². The molecule has 1 aromatic carbocycles. The number of aromatic nitrogens is 2. The van der Waals surface area contributed by atoms with Crippen LogP contribution in [0, 0.1) is 0 Å². The third-order valence-electron chi connectivity index (χ3n) is 3.03. The molecule has 2 aromatic heterocycles. The maximum absolute atomic E-state index is 5.44. The minimum atomic E-state index is 0.0227. The van der Waals surface area contributed by atoms with Crippen LogP contribution in [-0.4, -0.2) is 21.4 Å². The molecule has 0 spiro atoms. The molecule has 0 bridgehead atoms. The Kier molecular flexibility index (Phi) is 3.73. The van der Waals surface area contributed by atoms with Gasteiger partial charge in [-0.25, -0.2) is 4.98 Å². The number of hydrogen-bond acceptors (Lipinski definition) is 4. The molecular formula is C16H17N3O2.